The number of hydrogen-bond acceptors (Lipinski definition) is 2. The molecule has 1 fully saturated rings. The molecule has 0 radical (unpaired) electrons. The SMILES string of the molecule is CC(C)(C(=O)N1CCN(C(=O)c2cc(F)cc(Br)c2)CC1)c1ccccc1. The molecule has 0 atom stereocenters. The van der Waals surface area contributed by atoms with Gasteiger partial charge in [0.05, 0.1) is 5.41 Å². The van der Waals surface area contributed by atoms with Crippen LogP contribution in [0.3, 0.4) is 0 Å². The molecule has 0 saturated carbocycles. The summed E-state index contributed by atoms with van der Waals surface area (Å²) >= 11 is 3.21. The van der Waals surface area contributed by atoms with E-state index in [9.17, 15) is 14.0 Å². The molecule has 0 unspecified atom stereocenters. The lowest BCUT2D eigenvalue weighted by molar-refractivity contribution is -0.137. The van der Waals surface area contributed by atoms with Crippen LogP contribution in [0.15, 0.2) is 53.0 Å². The van der Waals surface area contributed by atoms with Crippen molar-refractivity contribution in [2.24, 2.45) is 0 Å². The lowest BCUT2D eigenvalue weighted by Gasteiger charge is -2.38. The van der Waals surface area contributed by atoms with E-state index in [4.69, 9.17) is 0 Å². The lowest BCUT2D eigenvalue weighted by Crippen LogP contribution is -2.54. The maximum Gasteiger partial charge on any atom is 0.254 e. The summed E-state index contributed by atoms with van der Waals surface area (Å²) in [5.74, 6) is -0.620. The van der Waals surface area contributed by atoms with Crippen LogP contribution in [0.25, 0.3) is 0 Å². The summed E-state index contributed by atoms with van der Waals surface area (Å²) in [4.78, 5) is 29.1. The second-order valence-corrected chi connectivity index (χ2v) is 8.15. The molecule has 3 rings (SSSR count). The van der Waals surface area contributed by atoms with E-state index in [0.717, 1.165) is 5.56 Å². The third kappa shape index (κ3) is 4.21. The Bertz CT molecular complexity index is 826. The fourth-order valence-corrected chi connectivity index (χ4v) is 3.81. The summed E-state index contributed by atoms with van der Waals surface area (Å²) in [7, 11) is 0. The topological polar surface area (TPSA) is 40.6 Å². The van der Waals surface area contributed by atoms with Gasteiger partial charge in [-0.05, 0) is 37.6 Å². The molecule has 0 spiro atoms. The summed E-state index contributed by atoms with van der Waals surface area (Å²) < 4.78 is 14.1. The summed E-state index contributed by atoms with van der Waals surface area (Å²) in [6.07, 6.45) is 0. The molecule has 0 aliphatic carbocycles. The number of halogens is 2. The third-order valence-electron chi connectivity index (χ3n) is 4.99. The Morgan fingerprint density at radius 1 is 0.963 bits per heavy atom. The Balaban J connectivity index is 1.66. The monoisotopic (exact) mass is 432 g/mol. The van der Waals surface area contributed by atoms with Gasteiger partial charge >= 0.3 is 0 Å². The zero-order chi connectivity index (χ0) is 19.6. The predicted molar refractivity (Wildman–Crippen MR) is 106 cm³/mol. The highest BCUT2D eigenvalue weighted by atomic mass is 79.9. The van der Waals surface area contributed by atoms with E-state index in [1.807, 2.05) is 44.2 Å². The number of benzene rings is 2. The van der Waals surface area contributed by atoms with Crippen molar-refractivity contribution < 1.29 is 14.0 Å². The van der Waals surface area contributed by atoms with Gasteiger partial charge in [0.1, 0.15) is 5.82 Å². The second-order valence-electron chi connectivity index (χ2n) is 7.23. The van der Waals surface area contributed by atoms with E-state index in [2.05, 4.69) is 15.9 Å². The first-order chi connectivity index (χ1) is 12.8. The Kier molecular flexibility index (Phi) is 5.65. The number of carbonyl (C=O) groups excluding carboxylic acids is 2. The minimum Gasteiger partial charge on any atom is -0.338 e. The van der Waals surface area contributed by atoms with Crippen molar-refractivity contribution in [3.63, 3.8) is 0 Å². The molecule has 27 heavy (non-hydrogen) atoms. The maximum absolute atomic E-state index is 13.6. The fourth-order valence-electron chi connectivity index (χ4n) is 3.35. The number of amides is 2. The van der Waals surface area contributed by atoms with Gasteiger partial charge in [0, 0.05) is 36.2 Å². The van der Waals surface area contributed by atoms with Crippen LogP contribution < -0.4 is 0 Å². The Hall–Kier alpha value is -2.21. The van der Waals surface area contributed by atoms with Crippen molar-refractivity contribution in [3.8, 4) is 0 Å². The average Bonchev–Trinajstić information content (AvgIpc) is 2.67. The highest BCUT2D eigenvalue weighted by molar-refractivity contribution is 9.10. The van der Waals surface area contributed by atoms with Gasteiger partial charge in [0.25, 0.3) is 5.91 Å². The van der Waals surface area contributed by atoms with Crippen LogP contribution in [0, 0.1) is 5.82 Å². The van der Waals surface area contributed by atoms with Crippen molar-refractivity contribution in [1.82, 2.24) is 9.80 Å². The first-order valence-corrected chi connectivity index (χ1v) is 9.68. The zero-order valence-electron chi connectivity index (χ0n) is 15.4. The summed E-state index contributed by atoms with van der Waals surface area (Å²) in [5, 5.41) is 0. The molecule has 1 aliphatic rings. The minimum atomic E-state index is -0.624. The first-order valence-electron chi connectivity index (χ1n) is 8.89. The molecule has 1 heterocycles. The van der Waals surface area contributed by atoms with Gasteiger partial charge in [0.15, 0.2) is 0 Å². The van der Waals surface area contributed by atoms with Crippen LogP contribution in [0.5, 0.6) is 0 Å². The van der Waals surface area contributed by atoms with Crippen molar-refractivity contribution in [2.45, 2.75) is 19.3 Å². The largest absolute Gasteiger partial charge is 0.338 e. The number of nitrogens with zero attached hydrogens (tertiary/aromatic N) is 2. The minimum absolute atomic E-state index is 0.0503. The van der Waals surface area contributed by atoms with E-state index >= 15 is 0 Å². The summed E-state index contributed by atoms with van der Waals surface area (Å²) in [6.45, 7) is 5.65. The summed E-state index contributed by atoms with van der Waals surface area (Å²) in [6, 6.07) is 13.9. The number of carbonyl (C=O) groups is 2. The molecule has 6 heteroatoms. The second kappa shape index (κ2) is 7.80. The van der Waals surface area contributed by atoms with Crippen molar-refractivity contribution >= 4 is 27.7 Å². The van der Waals surface area contributed by atoms with Crippen molar-refractivity contribution in [1.29, 1.82) is 0 Å². The Labute approximate surface area is 167 Å². The van der Waals surface area contributed by atoms with Crippen LogP contribution in [-0.4, -0.2) is 47.8 Å². The van der Waals surface area contributed by atoms with Crippen LogP contribution in [-0.2, 0) is 10.2 Å². The smallest absolute Gasteiger partial charge is 0.254 e. The fraction of sp³-hybridized carbons (Fsp3) is 0.333. The molecule has 1 saturated heterocycles. The molecule has 0 N–H and O–H groups in total. The van der Waals surface area contributed by atoms with Gasteiger partial charge in [-0.2, -0.15) is 0 Å². The highest BCUT2D eigenvalue weighted by Crippen LogP contribution is 2.26. The normalized spacial score (nSPS) is 15.0. The molecule has 1 aliphatic heterocycles. The van der Waals surface area contributed by atoms with Crippen LogP contribution >= 0.6 is 15.9 Å². The number of hydrogen-bond donors (Lipinski definition) is 0. The quantitative estimate of drug-likeness (QED) is 0.738. The molecular formula is C21H22BrFN2O2. The first kappa shape index (κ1) is 19.5. The van der Waals surface area contributed by atoms with Gasteiger partial charge < -0.3 is 9.80 Å². The van der Waals surface area contributed by atoms with E-state index in [1.165, 1.54) is 12.1 Å². The third-order valence-corrected chi connectivity index (χ3v) is 5.45. The standard InChI is InChI=1S/C21H22BrFN2O2/c1-21(2,16-6-4-3-5-7-16)20(27)25-10-8-24(9-11-25)19(26)15-12-17(22)14-18(23)13-15/h3-7,12-14H,8-11H2,1-2H3. The van der Waals surface area contributed by atoms with Crippen LogP contribution in [0.4, 0.5) is 4.39 Å². The van der Waals surface area contributed by atoms with E-state index in [0.29, 0.717) is 36.2 Å². The van der Waals surface area contributed by atoms with E-state index in [-0.39, 0.29) is 11.8 Å². The van der Waals surface area contributed by atoms with E-state index < -0.39 is 11.2 Å². The van der Waals surface area contributed by atoms with Crippen LogP contribution in [0.2, 0.25) is 0 Å². The molecule has 0 aromatic heterocycles. The summed E-state index contributed by atoms with van der Waals surface area (Å²) in [5.41, 5.74) is 0.658. The molecule has 0 bridgehead atoms. The van der Waals surface area contributed by atoms with Gasteiger partial charge in [-0.15, -0.1) is 0 Å². The Morgan fingerprint density at radius 2 is 1.56 bits per heavy atom. The molecule has 2 amide bonds. The molecule has 142 valence electrons. The van der Waals surface area contributed by atoms with E-state index in [1.54, 1.807) is 15.9 Å². The zero-order valence-corrected chi connectivity index (χ0v) is 17.0. The number of rotatable bonds is 3. The van der Waals surface area contributed by atoms with Gasteiger partial charge in [-0.3, -0.25) is 9.59 Å². The molecular weight excluding hydrogens is 411 g/mol. The van der Waals surface area contributed by atoms with Gasteiger partial charge in [-0.1, -0.05) is 46.3 Å². The lowest BCUT2D eigenvalue weighted by atomic mass is 9.83. The Morgan fingerprint density at radius 3 is 2.15 bits per heavy atom. The van der Waals surface area contributed by atoms with Crippen molar-refractivity contribution in [3.05, 3.63) is 69.9 Å². The highest BCUT2D eigenvalue weighted by Gasteiger charge is 2.35. The predicted octanol–water partition coefficient (Wildman–Crippen LogP) is 3.85. The van der Waals surface area contributed by atoms with Crippen LogP contribution in [0.1, 0.15) is 29.8 Å². The van der Waals surface area contributed by atoms with Crippen molar-refractivity contribution in [2.75, 3.05) is 26.2 Å². The number of piperazine rings is 1. The molecule has 4 nitrogen and oxygen atoms in total. The molecule has 2 aromatic carbocycles. The van der Waals surface area contributed by atoms with Gasteiger partial charge in [-0.25, -0.2) is 4.39 Å². The van der Waals surface area contributed by atoms with Gasteiger partial charge in [0.2, 0.25) is 5.91 Å². The molecule has 2 aromatic rings. The average molecular weight is 433 g/mol. The maximum atomic E-state index is 13.6.